The fourth-order valence-corrected chi connectivity index (χ4v) is 1.87. The summed E-state index contributed by atoms with van der Waals surface area (Å²) in [5, 5.41) is 2.79. The van der Waals surface area contributed by atoms with Crippen molar-refractivity contribution < 1.29 is 13.2 Å². The van der Waals surface area contributed by atoms with Crippen LogP contribution >= 0.6 is 11.6 Å². The van der Waals surface area contributed by atoms with Gasteiger partial charge in [-0.2, -0.15) is 13.2 Å². The predicted molar refractivity (Wildman–Crippen MR) is 72.8 cm³/mol. The number of nitrogens with zero attached hydrogens (tertiary/aromatic N) is 1. The highest BCUT2D eigenvalue weighted by atomic mass is 35.5. The van der Waals surface area contributed by atoms with Gasteiger partial charge in [0.05, 0.1) is 17.8 Å². The number of aryl methyl sites for hydroxylation is 1. The summed E-state index contributed by atoms with van der Waals surface area (Å²) in [6.45, 7) is 2.11. The van der Waals surface area contributed by atoms with E-state index in [2.05, 4.69) is 10.3 Å². The van der Waals surface area contributed by atoms with Crippen LogP contribution in [0.15, 0.2) is 36.5 Å². The van der Waals surface area contributed by atoms with E-state index in [-0.39, 0.29) is 17.3 Å². The first-order valence-electron chi connectivity index (χ1n) is 5.88. The molecule has 0 unspecified atom stereocenters. The maximum Gasteiger partial charge on any atom is 0.418 e. The van der Waals surface area contributed by atoms with Crippen LogP contribution in [0, 0.1) is 6.92 Å². The lowest BCUT2D eigenvalue weighted by Gasteiger charge is -2.14. The Hall–Kier alpha value is -1.75. The summed E-state index contributed by atoms with van der Waals surface area (Å²) in [6, 6.07) is 7.27. The number of hydrogen-bond acceptors (Lipinski definition) is 2. The average molecular weight is 301 g/mol. The molecule has 0 radical (unpaired) electrons. The van der Waals surface area contributed by atoms with Gasteiger partial charge < -0.3 is 5.32 Å². The van der Waals surface area contributed by atoms with Gasteiger partial charge in [0.15, 0.2) is 0 Å². The summed E-state index contributed by atoms with van der Waals surface area (Å²) in [6.07, 6.45) is -2.78. The molecular formula is C14H12ClF3N2. The highest BCUT2D eigenvalue weighted by Gasteiger charge is 2.33. The number of anilines is 1. The number of halogens is 4. The molecule has 0 fully saturated rings. The lowest BCUT2D eigenvalue weighted by molar-refractivity contribution is -0.136. The van der Waals surface area contributed by atoms with Crippen LogP contribution in [0.1, 0.15) is 16.8 Å². The predicted octanol–water partition coefficient (Wildman–Crippen LogP) is 4.67. The fraction of sp³-hybridized carbons (Fsp3) is 0.214. The smallest absolute Gasteiger partial charge is 0.379 e. The Bertz CT molecular complexity index is 594. The third kappa shape index (κ3) is 3.63. The second-order valence-corrected chi connectivity index (χ2v) is 4.80. The maximum atomic E-state index is 12.9. The van der Waals surface area contributed by atoms with Gasteiger partial charge in [-0.25, -0.2) is 0 Å². The Morgan fingerprint density at radius 1 is 1.20 bits per heavy atom. The summed E-state index contributed by atoms with van der Waals surface area (Å²) in [5.74, 6) is 0. The van der Waals surface area contributed by atoms with Gasteiger partial charge in [-0.1, -0.05) is 17.7 Å². The van der Waals surface area contributed by atoms with Crippen LogP contribution in [0.2, 0.25) is 5.02 Å². The normalized spacial score (nSPS) is 11.4. The number of rotatable bonds is 3. The van der Waals surface area contributed by atoms with Gasteiger partial charge in [0.2, 0.25) is 0 Å². The summed E-state index contributed by atoms with van der Waals surface area (Å²) >= 11 is 5.62. The number of nitrogens with one attached hydrogen (secondary N) is 1. The lowest BCUT2D eigenvalue weighted by Crippen LogP contribution is -2.11. The van der Waals surface area contributed by atoms with Gasteiger partial charge in [-0.3, -0.25) is 4.98 Å². The van der Waals surface area contributed by atoms with E-state index in [9.17, 15) is 13.2 Å². The number of alkyl halides is 3. The maximum absolute atomic E-state index is 12.9. The zero-order valence-electron chi connectivity index (χ0n) is 10.6. The van der Waals surface area contributed by atoms with Crippen LogP contribution < -0.4 is 5.32 Å². The van der Waals surface area contributed by atoms with E-state index < -0.39 is 11.7 Å². The third-order valence-corrected chi connectivity index (χ3v) is 2.95. The van der Waals surface area contributed by atoms with Crippen molar-refractivity contribution in [1.82, 2.24) is 4.98 Å². The quantitative estimate of drug-likeness (QED) is 0.890. The summed E-state index contributed by atoms with van der Waals surface area (Å²) in [7, 11) is 0. The van der Waals surface area contributed by atoms with Crippen molar-refractivity contribution in [2.75, 3.05) is 5.32 Å². The van der Waals surface area contributed by atoms with E-state index >= 15 is 0 Å². The molecule has 1 N–H and O–H groups in total. The molecule has 0 saturated heterocycles. The minimum absolute atomic E-state index is 0.00993. The Morgan fingerprint density at radius 2 is 1.95 bits per heavy atom. The monoisotopic (exact) mass is 300 g/mol. The van der Waals surface area contributed by atoms with E-state index in [4.69, 9.17) is 11.6 Å². The Kier molecular flexibility index (Phi) is 4.18. The molecule has 20 heavy (non-hydrogen) atoms. The first kappa shape index (κ1) is 14.7. The molecule has 0 atom stereocenters. The standard InChI is InChI=1S/C14H12ClF3N2/c1-9-2-4-11(19-7-9)8-20-13-5-3-10(15)6-12(13)14(16,17)18/h2-7,20H,8H2,1H3. The zero-order valence-corrected chi connectivity index (χ0v) is 11.4. The minimum Gasteiger partial charge on any atom is -0.379 e. The van der Waals surface area contributed by atoms with E-state index in [0.717, 1.165) is 11.6 Å². The van der Waals surface area contributed by atoms with Gasteiger partial charge in [0.1, 0.15) is 0 Å². The van der Waals surface area contributed by atoms with Crippen LogP contribution in [0.3, 0.4) is 0 Å². The van der Waals surface area contributed by atoms with Crippen LogP contribution in [-0.4, -0.2) is 4.98 Å². The molecule has 2 aromatic rings. The Balaban J connectivity index is 2.19. The first-order valence-corrected chi connectivity index (χ1v) is 6.26. The van der Waals surface area contributed by atoms with Crippen molar-refractivity contribution in [2.45, 2.75) is 19.6 Å². The molecule has 0 bridgehead atoms. The van der Waals surface area contributed by atoms with Crippen molar-refractivity contribution >= 4 is 17.3 Å². The Labute approximate surface area is 119 Å². The summed E-state index contributed by atoms with van der Waals surface area (Å²) in [4.78, 5) is 4.13. The van der Waals surface area contributed by atoms with Crippen molar-refractivity contribution in [2.24, 2.45) is 0 Å². The molecule has 0 aliphatic rings. The molecular weight excluding hydrogens is 289 g/mol. The molecule has 0 spiro atoms. The van der Waals surface area contributed by atoms with Crippen LogP contribution in [0.4, 0.5) is 18.9 Å². The van der Waals surface area contributed by atoms with Crippen molar-refractivity contribution in [3.05, 3.63) is 58.4 Å². The number of aromatic nitrogens is 1. The summed E-state index contributed by atoms with van der Waals surface area (Å²) in [5.41, 5.74) is 0.872. The van der Waals surface area contributed by atoms with E-state index in [0.29, 0.717) is 5.69 Å². The highest BCUT2D eigenvalue weighted by Crippen LogP contribution is 2.36. The van der Waals surface area contributed by atoms with Crippen molar-refractivity contribution in [3.63, 3.8) is 0 Å². The van der Waals surface area contributed by atoms with Gasteiger partial charge in [-0.15, -0.1) is 0 Å². The number of benzene rings is 1. The second kappa shape index (κ2) is 5.71. The van der Waals surface area contributed by atoms with Gasteiger partial charge >= 0.3 is 6.18 Å². The molecule has 0 aliphatic carbocycles. The molecule has 2 rings (SSSR count). The molecule has 0 aliphatic heterocycles. The van der Waals surface area contributed by atoms with E-state index in [1.165, 1.54) is 12.1 Å². The van der Waals surface area contributed by atoms with E-state index in [1.807, 2.05) is 13.0 Å². The van der Waals surface area contributed by atoms with Crippen molar-refractivity contribution in [1.29, 1.82) is 0 Å². The van der Waals surface area contributed by atoms with Crippen LogP contribution in [0.5, 0.6) is 0 Å². The molecule has 1 aromatic carbocycles. The third-order valence-electron chi connectivity index (χ3n) is 2.72. The van der Waals surface area contributed by atoms with Crippen LogP contribution in [0.25, 0.3) is 0 Å². The highest BCUT2D eigenvalue weighted by molar-refractivity contribution is 6.30. The topological polar surface area (TPSA) is 24.9 Å². The first-order chi connectivity index (χ1) is 9.36. The van der Waals surface area contributed by atoms with Gasteiger partial charge in [0, 0.05) is 16.9 Å². The average Bonchev–Trinajstić information content (AvgIpc) is 2.38. The Morgan fingerprint density at radius 3 is 2.55 bits per heavy atom. The largest absolute Gasteiger partial charge is 0.418 e. The van der Waals surface area contributed by atoms with E-state index in [1.54, 1.807) is 12.3 Å². The van der Waals surface area contributed by atoms with Crippen molar-refractivity contribution in [3.8, 4) is 0 Å². The molecule has 6 heteroatoms. The molecule has 0 amide bonds. The molecule has 1 aromatic heterocycles. The second-order valence-electron chi connectivity index (χ2n) is 4.37. The molecule has 1 heterocycles. The summed E-state index contributed by atoms with van der Waals surface area (Å²) < 4.78 is 38.7. The zero-order chi connectivity index (χ0) is 14.8. The SMILES string of the molecule is Cc1ccc(CNc2ccc(Cl)cc2C(F)(F)F)nc1. The molecule has 2 nitrogen and oxygen atoms in total. The fourth-order valence-electron chi connectivity index (χ4n) is 1.69. The van der Waals surface area contributed by atoms with Gasteiger partial charge in [-0.05, 0) is 36.8 Å². The molecule has 0 saturated carbocycles. The number of hydrogen-bond donors (Lipinski definition) is 1. The number of pyridine rings is 1. The minimum atomic E-state index is -4.45. The van der Waals surface area contributed by atoms with Crippen LogP contribution in [-0.2, 0) is 12.7 Å². The lowest BCUT2D eigenvalue weighted by atomic mass is 10.1. The molecule has 106 valence electrons. The van der Waals surface area contributed by atoms with Gasteiger partial charge in [0.25, 0.3) is 0 Å².